The van der Waals surface area contributed by atoms with E-state index in [2.05, 4.69) is 10.5 Å². The van der Waals surface area contributed by atoms with Gasteiger partial charge in [-0.1, -0.05) is 30.6 Å². The molecule has 0 unspecified atom stereocenters. The van der Waals surface area contributed by atoms with Crippen LogP contribution >= 0.6 is 11.6 Å². The standard InChI is InChI=1S/C15H19ClN2O3/c1-3-13(18-21)10(2)14(19)8-9-15(20)17-12-6-4-11(16)5-7-12/h4-7,10,21H,3,8-9H2,1-2H3,(H,17,20)/b18-13-/t10-/m0/s1. The molecule has 0 aromatic heterocycles. The monoisotopic (exact) mass is 310 g/mol. The lowest BCUT2D eigenvalue weighted by molar-refractivity contribution is -0.124. The Hall–Kier alpha value is -1.88. The molecule has 0 aliphatic carbocycles. The summed E-state index contributed by atoms with van der Waals surface area (Å²) in [5, 5.41) is 15.2. The van der Waals surface area contributed by atoms with Gasteiger partial charge < -0.3 is 10.5 Å². The predicted molar refractivity (Wildman–Crippen MR) is 83.0 cm³/mol. The Kier molecular flexibility index (Phi) is 6.88. The van der Waals surface area contributed by atoms with E-state index < -0.39 is 5.92 Å². The molecule has 0 aliphatic heterocycles. The molecular weight excluding hydrogens is 292 g/mol. The molecule has 5 nitrogen and oxygen atoms in total. The van der Waals surface area contributed by atoms with Crippen LogP contribution < -0.4 is 5.32 Å². The summed E-state index contributed by atoms with van der Waals surface area (Å²) in [6.45, 7) is 3.49. The Bertz CT molecular complexity index is 526. The molecule has 0 radical (unpaired) electrons. The molecule has 21 heavy (non-hydrogen) atoms. The van der Waals surface area contributed by atoms with Crippen LogP contribution in [0.4, 0.5) is 5.69 Å². The molecule has 0 bridgehead atoms. The second-order valence-corrected chi connectivity index (χ2v) is 5.12. The molecular formula is C15H19ClN2O3. The summed E-state index contributed by atoms with van der Waals surface area (Å²) in [5.74, 6) is -0.823. The molecule has 0 aliphatic rings. The smallest absolute Gasteiger partial charge is 0.224 e. The largest absolute Gasteiger partial charge is 0.411 e. The fraction of sp³-hybridized carbons (Fsp3) is 0.400. The molecule has 0 saturated carbocycles. The van der Waals surface area contributed by atoms with Crippen LogP contribution in [0.15, 0.2) is 29.4 Å². The van der Waals surface area contributed by atoms with Crippen LogP contribution in [0.3, 0.4) is 0 Å². The van der Waals surface area contributed by atoms with Crippen LogP contribution in [-0.4, -0.2) is 22.6 Å². The van der Waals surface area contributed by atoms with Crippen molar-refractivity contribution in [3.63, 3.8) is 0 Å². The predicted octanol–water partition coefficient (Wildman–Crippen LogP) is 3.50. The number of carbonyl (C=O) groups is 2. The Labute approximate surface area is 129 Å². The number of carbonyl (C=O) groups excluding carboxylic acids is 2. The van der Waals surface area contributed by atoms with Gasteiger partial charge in [-0.2, -0.15) is 0 Å². The fourth-order valence-corrected chi connectivity index (χ4v) is 1.99. The van der Waals surface area contributed by atoms with E-state index in [-0.39, 0.29) is 24.5 Å². The number of hydrogen-bond acceptors (Lipinski definition) is 4. The highest BCUT2D eigenvalue weighted by molar-refractivity contribution is 6.30. The summed E-state index contributed by atoms with van der Waals surface area (Å²) in [7, 11) is 0. The lowest BCUT2D eigenvalue weighted by Gasteiger charge is -2.10. The maximum atomic E-state index is 11.9. The lowest BCUT2D eigenvalue weighted by atomic mass is 9.95. The second kappa shape index (κ2) is 8.42. The van der Waals surface area contributed by atoms with E-state index in [1.54, 1.807) is 31.2 Å². The molecule has 1 atom stereocenters. The van der Waals surface area contributed by atoms with Crippen molar-refractivity contribution in [1.29, 1.82) is 0 Å². The lowest BCUT2D eigenvalue weighted by Crippen LogP contribution is -2.22. The highest BCUT2D eigenvalue weighted by Crippen LogP contribution is 2.14. The SMILES string of the molecule is CC/C(=N/O)[C@H](C)C(=O)CCC(=O)Nc1ccc(Cl)cc1. The van der Waals surface area contributed by atoms with Crippen LogP contribution in [0, 0.1) is 5.92 Å². The van der Waals surface area contributed by atoms with Crippen molar-refractivity contribution < 1.29 is 14.8 Å². The summed E-state index contributed by atoms with van der Waals surface area (Å²) in [4.78, 5) is 23.7. The third-order valence-electron chi connectivity index (χ3n) is 3.20. The summed E-state index contributed by atoms with van der Waals surface area (Å²) < 4.78 is 0. The van der Waals surface area contributed by atoms with Crippen molar-refractivity contribution in [3.8, 4) is 0 Å². The molecule has 6 heteroatoms. The van der Waals surface area contributed by atoms with Crippen LogP contribution in [-0.2, 0) is 9.59 Å². The number of Topliss-reactive ketones (excluding diaryl/α,β-unsaturated/α-hetero) is 1. The molecule has 0 heterocycles. The van der Waals surface area contributed by atoms with Crippen molar-refractivity contribution in [2.75, 3.05) is 5.32 Å². The van der Waals surface area contributed by atoms with E-state index >= 15 is 0 Å². The number of nitrogens with one attached hydrogen (secondary N) is 1. The molecule has 1 aromatic carbocycles. The Morgan fingerprint density at radius 3 is 2.43 bits per heavy atom. The highest BCUT2D eigenvalue weighted by atomic mass is 35.5. The normalized spacial score (nSPS) is 12.8. The number of rotatable bonds is 7. The first kappa shape index (κ1) is 17.2. The first-order valence-electron chi connectivity index (χ1n) is 6.76. The van der Waals surface area contributed by atoms with Crippen molar-refractivity contribution in [2.45, 2.75) is 33.1 Å². The van der Waals surface area contributed by atoms with Crippen molar-refractivity contribution >= 4 is 34.7 Å². The number of oxime groups is 1. The average molecular weight is 311 g/mol. The second-order valence-electron chi connectivity index (χ2n) is 4.69. The molecule has 0 fully saturated rings. The van der Waals surface area contributed by atoms with Gasteiger partial charge in [-0.25, -0.2) is 0 Å². The molecule has 0 saturated heterocycles. The van der Waals surface area contributed by atoms with Crippen LogP contribution in [0.1, 0.15) is 33.1 Å². The van der Waals surface area contributed by atoms with Crippen molar-refractivity contribution in [3.05, 3.63) is 29.3 Å². The van der Waals surface area contributed by atoms with Gasteiger partial charge in [0.05, 0.1) is 11.6 Å². The maximum absolute atomic E-state index is 11.9. The minimum atomic E-state index is -0.469. The first-order valence-corrected chi connectivity index (χ1v) is 7.14. The average Bonchev–Trinajstić information content (AvgIpc) is 2.48. The Morgan fingerprint density at radius 2 is 1.90 bits per heavy atom. The van der Waals surface area contributed by atoms with E-state index in [1.807, 2.05) is 6.92 Å². The van der Waals surface area contributed by atoms with Gasteiger partial charge in [-0.05, 0) is 30.7 Å². The number of amides is 1. The fourth-order valence-electron chi connectivity index (χ4n) is 1.86. The van der Waals surface area contributed by atoms with E-state index in [0.29, 0.717) is 22.8 Å². The number of nitrogens with zero attached hydrogens (tertiary/aromatic N) is 1. The van der Waals surface area contributed by atoms with E-state index in [1.165, 1.54) is 0 Å². The van der Waals surface area contributed by atoms with Gasteiger partial charge in [0.15, 0.2) is 0 Å². The molecule has 0 spiro atoms. The van der Waals surface area contributed by atoms with Crippen LogP contribution in [0.25, 0.3) is 0 Å². The van der Waals surface area contributed by atoms with Gasteiger partial charge in [0, 0.05) is 23.6 Å². The van der Waals surface area contributed by atoms with Crippen molar-refractivity contribution in [1.82, 2.24) is 0 Å². The first-order chi connectivity index (χ1) is 9.97. The minimum Gasteiger partial charge on any atom is -0.411 e. The third-order valence-corrected chi connectivity index (χ3v) is 3.45. The van der Waals surface area contributed by atoms with Gasteiger partial charge in [0.25, 0.3) is 0 Å². The zero-order valence-electron chi connectivity index (χ0n) is 12.1. The van der Waals surface area contributed by atoms with E-state index in [0.717, 1.165) is 0 Å². The van der Waals surface area contributed by atoms with E-state index in [4.69, 9.17) is 16.8 Å². The highest BCUT2D eigenvalue weighted by Gasteiger charge is 2.19. The van der Waals surface area contributed by atoms with Crippen LogP contribution in [0.2, 0.25) is 5.02 Å². The third kappa shape index (κ3) is 5.55. The molecule has 114 valence electrons. The summed E-state index contributed by atoms with van der Waals surface area (Å²) in [6, 6.07) is 6.74. The minimum absolute atomic E-state index is 0.0915. The molecule has 1 aromatic rings. The molecule has 1 rings (SSSR count). The Balaban J connectivity index is 2.46. The van der Waals surface area contributed by atoms with Crippen molar-refractivity contribution in [2.24, 2.45) is 11.1 Å². The molecule has 1 amide bonds. The van der Waals surface area contributed by atoms with Gasteiger partial charge in [0.2, 0.25) is 5.91 Å². The number of ketones is 1. The van der Waals surface area contributed by atoms with E-state index in [9.17, 15) is 9.59 Å². The zero-order chi connectivity index (χ0) is 15.8. The number of benzene rings is 1. The number of halogens is 1. The van der Waals surface area contributed by atoms with Gasteiger partial charge in [0.1, 0.15) is 5.78 Å². The summed E-state index contributed by atoms with van der Waals surface area (Å²) >= 11 is 5.75. The van der Waals surface area contributed by atoms with Gasteiger partial charge >= 0.3 is 0 Å². The number of anilines is 1. The molecule has 2 N–H and O–H groups in total. The maximum Gasteiger partial charge on any atom is 0.224 e. The quantitative estimate of drug-likeness (QED) is 0.459. The van der Waals surface area contributed by atoms with Gasteiger partial charge in [-0.3, -0.25) is 9.59 Å². The Morgan fingerprint density at radius 1 is 1.29 bits per heavy atom. The summed E-state index contributed by atoms with van der Waals surface area (Å²) in [6.07, 6.45) is 0.703. The summed E-state index contributed by atoms with van der Waals surface area (Å²) in [5.41, 5.74) is 1.06. The zero-order valence-corrected chi connectivity index (χ0v) is 12.9. The number of hydrogen-bond donors (Lipinski definition) is 2. The van der Waals surface area contributed by atoms with Crippen LogP contribution in [0.5, 0.6) is 0 Å². The topological polar surface area (TPSA) is 78.8 Å². The van der Waals surface area contributed by atoms with Gasteiger partial charge in [-0.15, -0.1) is 0 Å².